The van der Waals surface area contributed by atoms with E-state index in [1.54, 1.807) is 0 Å². The van der Waals surface area contributed by atoms with Crippen molar-refractivity contribution in [1.29, 1.82) is 0 Å². The Morgan fingerprint density at radius 2 is 0.699 bits per heavy atom. The van der Waals surface area contributed by atoms with Crippen molar-refractivity contribution >= 4 is 51.1 Å². The number of phosphoric acid groups is 1. The van der Waals surface area contributed by atoms with Gasteiger partial charge in [-0.2, -0.15) is 0 Å². The highest BCUT2D eigenvalue weighted by Gasteiger charge is 2.54. The lowest BCUT2D eigenvalue weighted by Gasteiger charge is -2.47. The fourth-order valence-electron chi connectivity index (χ4n) is 17.2. The van der Waals surface area contributed by atoms with E-state index >= 15 is 9.59 Å². The van der Waals surface area contributed by atoms with E-state index < -0.39 is 182 Å². The molecule has 0 spiro atoms. The Morgan fingerprint density at radius 1 is 0.382 bits per heavy atom. The highest BCUT2D eigenvalue weighted by Crippen LogP contribution is 2.45. The Balaban J connectivity index is 2.84. The highest BCUT2D eigenvalue weighted by atomic mass is 31.2. The average Bonchev–Trinajstić information content (AvgIpc) is 0.778. The summed E-state index contributed by atoms with van der Waals surface area (Å²) in [6, 6.07) is -3.38. The highest BCUT2D eigenvalue weighted by molar-refractivity contribution is 7.51. The van der Waals surface area contributed by atoms with E-state index in [-0.39, 0.29) is 32.1 Å². The maximum Gasteiger partial charge on any atom is 0.470 e. The second-order valence-corrected chi connectivity index (χ2v) is 39.3. The number of hydrogen-bond donors (Lipinski definition) is 9. The van der Waals surface area contributed by atoms with Gasteiger partial charge >= 0.3 is 39.3 Å². The van der Waals surface area contributed by atoms with Crippen LogP contribution in [-0.4, -0.2) is 170 Å². The van der Waals surface area contributed by atoms with E-state index in [2.05, 4.69) is 52.2 Å². The van der Waals surface area contributed by atoms with Crippen LogP contribution >= 0.6 is 15.4 Å². The van der Waals surface area contributed by atoms with Crippen LogP contribution in [0, 0.1) is 5.92 Å². The van der Waals surface area contributed by atoms with Crippen LogP contribution in [0.4, 0.5) is 0 Å². The molecule has 0 aromatic heterocycles. The van der Waals surface area contributed by atoms with E-state index in [0.717, 1.165) is 238 Å². The number of carbonyl (C=O) groups excluding carboxylic acids is 6. The molecule has 2 fully saturated rings. The third-order valence-electron chi connectivity index (χ3n) is 24.4. The van der Waals surface area contributed by atoms with Gasteiger partial charge in [0.25, 0.3) is 0 Å². The molecule has 0 aromatic rings. The van der Waals surface area contributed by atoms with Gasteiger partial charge in [0.05, 0.1) is 69.4 Å². The summed E-state index contributed by atoms with van der Waals surface area (Å²) in [5, 5.41) is 52.2. The molecule has 2 aliphatic rings. The lowest BCUT2D eigenvalue weighted by atomic mass is 9.79. The van der Waals surface area contributed by atoms with Crippen LogP contribution in [-0.2, 0) is 75.4 Å². The molecular formula is C96H182N2O23P2. The minimum atomic E-state index is -5.65. The van der Waals surface area contributed by atoms with Gasteiger partial charge in [0.1, 0.15) is 30.5 Å². The van der Waals surface area contributed by atoms with Crippen molar-refractivity contribution in [3.63, 3.8) is 0 Å². The van der Waals surface area contributed by atoms with Crippen molar-refractivity contribution < 1.29 is 110 Å². The summed E-state index contributed by atoms with van der Waals surface area (Å²) in [5.74, 6) is -5.92. The Kier molecular flexibility index (Phi) is 71.1. The maximum absolute atomic E-state index is 15.2. The first-order valence-corrected chi connectivity index (χ1v) is 53.9. The van der Waals surface area contributed by atoms with Gasteiger partial charge in [0.15, 0.2) is 18.5 Å². The number of ether oxygens (including phenoxy) is 6. The van der Waals surface area contributed by atoms with Crippen LogP contribution in [0.5, 0.6) is 0 Å². The quantitative estimate of drug-likeness (QED) is 0.0118. The molecule has 1 aliphatic heterocycles. The molecule has 1 heterocycles. The van der Waals surface area contributed by atoms with Crippen LogP contribution in [0.25, 0.3) is 0 Å². The normalized spacial score (nSPS) is 20.8. The predicted octanol–water partition coefficient (Wildman–Crippen LogP) is 22.0. The van der Waals surface area contributed by atoms with Gasteiger partial charge in [0, 0.05) is 25.4 Å². The maximum atomic E-state index is 15.2. The number of esters is 4. The third-order valence-corrected chi connectivity index (χ3v) is 25.6. The molecule has 5 unspecified atom stereocenters. The summed E-state index contributed by atoms with van der Waals surface area (Å²) in [6.45, 7) is 12.2. The van der Waals surface area contributed by atoms with Gasteiger partial charge in [0.2, 0.25) is 11.8 Å². The zero-order valence-corrected chi connectivity index (χ0v) is 80.2. The molecule has 0 aromatic carbocycles. The molecule has 0 radical (unpaired) electrons. The smallest absolute Gasteiger partial charge is 0.462 e. The largest absolute Gasteiger partial charge is 0.470 e. The monoisotopic (exact) mass is 1790 g/mol. The minimum Gasteiger partial charge on any atom is -0.462 e. The van der Waals surface area contributed by atoms with Crippen LogP contribution in [0.3, 0.4) is 0 Å². The Bertz CT molecular complexity index is 2710. The number of amides is 2. The molecule has 123 heavy (non-hydrogen) atoms. The molecule has 2 rings (SSSR count). The first kappa shape index (κ1) is 116. The number of unbranched alkanes of at least 4 members (excludes halogenated alkanes) is 50. The average molecular weight is 1790 g/mol. The molecule has 724 valence electrons. The molecule has 1 saturated heterocycles. The molecule has 1 aliphatic carbocycles. The van der Waals surface area contributed by atoms with Gasteiger partial charge in [-0.3, -0.25) is 37.9 Å². The SMILES string of the molecule is CCCCCCCCCCCCCC(=O)O[C@H](CCCCCCCCCCC)CC(=O)O[C@@H]1C(NC(=O)C[C@@H](CCCCCCCCCCC)OC(=O)CCCCCCCCCCC)[C@H](OCC2C[C@H](OP(C)(=O)O)C(NC(=O)C[C@H](O)CCCCCCCCCCC)[C@@H](OC(=O)C[C@H](O)CCCCCCCCCCC)[C@@H]2O)OC(CO)[C@H]1OP(=O)(O)O. The van der Waals surface area contributed by atoms with Crippen LogP contribution in [0.15, 0.2) is 0 Å². The fourth-order valence-corrected chi connectivity index (χ4v) is 18.5. The van der Waals surface area contributed by atoms with Gasteiger partial charge in [-0.15, -0.1) is 0 Å². The van der Waals surface area contributed by atoms with Crippen molar-refractivity contribution in [1.82, 2.24) is 10.6 Å². The van der Waals surface area contributed by atoms with Gasteiger partial charge < -0.3 is 78.7 Å². The van der Waals surface area contributed by atoms with Crippen LogP contribution in [0.1, 0.15) is 472 Å². The molecule has 1 saturated carbocycles. The molecule has 9 N–H and O–H groups in total. The van der Waals surface area contributed by atoms with Gasteiger partial charge in [-0.05, 0) is 57.8 Å². The molecule has 0 bridgehead atoms. The van der Waals surface area contributed by atoms with Crippen molar-refractivity contribution in [2.24, 2.45) is 5.92 Å². The molecule has 2 amide bonds. The van der Waals surface area contributed by atoms with Crippen LogP contribution < -0.4 is 10.6 Å². The Morgan fingerprint density at radius 3 is 1.07 bits per heavy atom. The first-order valence-electron chi connectivity index (χ1n) is 50.3. The predicted molar refractivity (Wildman–Crippen MR) is 488 cm³/mol. The summed E-state index contributed by atoms with van der Waals surface area (Å²) < 4.78 is 75.9. The summed E-state index contributed by atoms with van der Waals surface area (Å²) in [7, 11) is -10.2. The van der Waals surface area contributed by atoms with E-state index in [9.17, 15) is 63.4 Å². The summed E-state index contributed by atoms with van der Waals surface area (Å²) in [6.07, 6.45) is 39.1. The molecule has 15 atom stereocenters. The van der Waals surface area contributed by atoms with Gasteiger partial charge in [-0.1, -0.05) is 375 Å². The number of carbonyl (C=O) groups is 6. The van der Waals surface area contributed by atoms with Crippen molar-refractivity contribution in [2.45, 2.75) is 551 Å². The Labute approximate surface area is 745 Å². The second kappa shape index (κ2) is 75.5. The lowest BCUT2D eigenvalue weighted by molar-refractivity contribution is -0.277. The standard InChI is InChI=1S/C96H182N2O23P2/c1-8-14-20-26-32-38-39-45-51-57-63-69-87(105)116-81(67-61-55-49-43-36-30-24-18-12-5)74-89(107)119-95-91(98-85(103)73-80(66-60-54-48-42-35-29-23-17-11-4)115-86(104)68-62-56-50-44-37-31-25-19-13-6)96(117-83(75-99)93(95)121-123(111,112)113)114-76-77-70-82(120-122(7,109)110)90(97-84(102)71-78(100)64-58-52-46-40-33-27-21-15-9-2)94(92(77)108)118-88(106)72-79(101)65-59-53-47-41-34-28-22-16-10-3/h77-83,90-96,99-101,108H,8-76H2,1-7H3,(H,97,102)(H,98,103)(H,109,110)(H2,111,112,113)/t77?,78-,79-,80-,81-,82+,83?,90?,91?,92-,93-,94-,95-,96-/m1/s1. The number of nitrogens with one attached hydrogen (secondary N) is 2. The topological polar surface area (TPSA) is 376 Å². The first-order chi connectivity index (χ1) is 59.3. The van der Waals surface area contributed by atoms with E-state index in [1.807, 2.05) is 0 Å². The van der Waals surface area contributed by atoms with Gasteiger partial charge in [-0.25, -0.2) is 4.57 Å². The van der Waals surface area contributed by atoms with E-state index in [1.165, 1.54) is 89.9 Å². The van der Waals surface area contributed by atoms with E-state index in [0.29, 0.717) is 44.9 Å². The van der Waals surface area contributed by atoms with Crippen molar-refractivity contribution in [3.05, 3.63) is 0 Å². The zero-order valence-electron chi connectivity index (χ0n) is 78.4. The summed E-state index contributed by atoms with van der Waals surface area (Å²) >= 11 is 0. The second-order valence-electron chi connectivity index (χ2n) is 36.3. The molecule has 25 nitrogen and oxygen atoms in total. The third kappa shape index (κ3) is 61.9. The number of phosphoric ester groups is 1. The number of rotatable bonds is 84. The summed E-state index contributed by atoms with van der Waals surface area (Å²) in [4.78, 5) is 119. The van der Waals surface area contributed by atoms with Crippen LogP contribution in [0.2, 0.25) is 0 Å². The lowest BCUT2D eigenvalue weighted by Crippen LogP contribution is -2.67. The molecular weight excluding hydrogens is 1610 g/mol. The van der Waals surface area contributed by atoms with Crippen molar-refractivity contribution in [2.75, 3.05) is 19.9 Å². The zero-order chi connectivity index (χ0) is 90.4. The Hall–Kier alpha value is -3.16. The molecule has 27 heteroatoms. The fraction of sp³-hybridized carbons (Fsp3) is 0.938. The minimum absolute atomic E-state index is 0.101. The van der Waals surface area contributed by atoms with Crippen molar-refractivity contribution in [3.8, 4) is 0 Å². The number of aliphatic hydroxyl groups excluding tert-OH is 4. The van der Waals surface area contributed by atoms with E-state index in [4.69, 9.17) is 37.5 Å². The number of hydrogen-bond acceptors (Lipinski definition) is 20. The summed E-state index contributed by atoms with van der Waals surface area (Å²) in [5.41, 5.74) is 0. The number of aliphatic hydroxyl groups is 4.